The largest absolute Gasteiger partial charge is 0.477 e. The Balaban J connectivity index is 2.32. The second-order valence-corrected chi connectivity index (χ2v) is 8.40. The molecule has 1 N–H and O–H groups in total. The van der Waals surface area contributed by atoms with Crippen LogP contribution in [0.2, 0.25) is 0 Å². The predicted molar refractivity (Wildman–Crippen MR) is 81.5 cm³/mol. The molecule has 6 nitrogen and oxygen atoms in total. The fraction of sp³-hybridized carbons (Fsp3) is 0.615. The minimum atomic E-state index is -3.62. The summed E-state index contributed by atoms with van der Waals surface area (Å²) in [5.74, 6) is -1.09. The summed E-state index contributed by atoms with van der Waals surface area (Å²) in [6.45, 7) is 5.26. The van der Waals surface area contributed by atoms with Crippen LogP contribution in [0.4, 0.5) is 0 Å². The van der Waals surface area contributed by atoms with Gasteiger partial charge in [0.15, 0.2) is 0 Å². The van der Waals surface area contributed by atoms with Crippen molar-refractivity contribution in [1.82, 2.24) is 9.21 Å². The second-order valence-electron chi connectivity index (χ2n) is 5.24. The molecule has 21 heavy (non-hydrogen) atoms. The van der Waals surface area contributed by atoms with Crippen LogP contribution in [0.15, 0.2) is 11.0 Å². The minimum absolute atomic E-state index is 0.0623. The van der Waals surface area contributed by atoms with Crippen LogP contribution < -0.4 is 0 Å². The van der Waals surface area contributed by atoms with Crippen LogP contribution in [0.5, 0.6) is 0 Å². The molecule has 1 aliphatic rings. The number of aromatic carboxylic acids is 1. The van der Waals surface area contributed by atoms with Crippen molar-refractivity contribution in [3.8, 4) is 0 Å². The van der Waals surface area contributed by atoms with E-state index in [9.17, 15) is 13.2 Å². The van der Waals surface area contributed by atoms with Gasteiger partial charge in [-0.15, -0.1) is 11.3 Å². The van der Waals surface area contributed by atoms with Gasteiger partial charge in [0.1, 0.15) is 4.88 Å². The normalized spacial score (nSPS) is 21.6. The summed E-state index contributed by atoms with van der Waals surface area (Å²) >= 11 is 1.00. The first kappa shape index (κ1) is 16.4. The van der Waals surface area contributed by atoms with Crippen LogP contribution in [0.1, 0.15) is 27.9 Å². The van der Waals surface area contributed by atoms with Gasteiger partial charge >= 0.3 is 5.97 Å². The molecule has 1 aliphatic heterocycles. The van der Waals surface area contributed by atoms with Crippen molar-refractivity contribution in [2.24, 2.45) is 0 Å². The number of likely N-dealkylation sites (N-methyl/N-ethyl adjacent to an activating group) is 1. The number of carboxylic acids is 1. The number of thiophene rings is 1. The molecule has 2 heterocycles. The van der Waals surface area contributed by atoms with Crippen molar-refractivity contribution in [3.05, 3.63) is 15.8 Å². The molecule has 1 aromatic rings. The molecule has 0 amide bonds. The first-order chi connectivity index (χ1) is 9.77. The van der Waals surface area contributed by atoms with Crippen molar-refractivity contribution in [3.63, 3.8) is 0 Å². The summed E-state index contributed by atoms with van der Waals surface area (Å²) in [5, 5.41) is 9.01. The molecule has 1 saturated heterocycles. The molecule has 0 saturated carbocycles. The van der Waals surface area contributed by atoms with Crippen molar-refractivity contribution < 1.29 is 18.3 Å². The fourth-order valence-corrected chi connectivity index (χ4v) is 5.41. The van der Waals surface area contributed by atoms with Crippen molar-refractivity contribution in [2.45, 2.75) is 31.2 Å². The van der Waals surface area contributed by atoms with Gasteiger partial charge in [-0.3, -0.25) is 0 Å². The molecule has 1 atom stereocenters. The Labute approximate surface area is 129 Å². The Kier molecular flexibility index (Phi) is 4.72. The van der Waals surface area contributed by atoms with Gasteiger partial charge in [-0.2, -0.15) is 4.31 Å². The van der Waals surface area contributed by atoms with Crippen LogP contribution in [0, 0.1) is 6.92 Å². The zero-order valence-electron chi connectivity index (χ0n) is 12.4. The number of rotatable bonds is 4. The lowest BCUT2D eigenvalue weighted by Crippen LogP contribution is -2.52. The van der Waals surface area contributed by atoms with E-state index in [4.69, 9.17) is 5.11 Å². The van der Waals surface area contributed by atoms with Gasteiger partial charge in [0.05, 0.1) is 4.90 Å². The summed E-state index contributed by atoms with van der Waals surface area (Å²) < 4.78 is 26.9. The van der Waals surface area contributed by atoms with Gasteiger partial charge in [-0.25, -0.2) is 13.2 Å². The third-order valence-electron chi connectivity index (χ3n) is 3.91. The number of carboxylic acid groups (broad SMARTS) is 1. The number of hydrogen-bond acceptors (Lipinski definition) is 5. The number of sulfonamides is 1. The van der Waals surface area contributed by atoms with E-state index in [2.05, 4.69) is 4.90 Å². The van der Waals surface area contributed by atoms with Crippen LogP contribution >= 0.6 is 11.3 Å². The first-order valence-corrected chi connectivity index (χ1v) is 9.07. The lowest BCUT2D eigenvalue weighted by molar-refractivity contribution is 0.0702. The average molecular weight is 332 g/mol. The Bertz CT molecular complexity index is 639. The zero-order chi connectivity index (χ0) is 15.8. The molecule has 1 aromatic heterocycles. The summed E-state index contributed by atoms with van der Waals surface area (Å²) in [7, 11) is -1.62. The Morgan fingerprint density at radius 2 is 2.14 bits per heavy atom. The maximum Gasteiger partial charge on any atom is 0.345 e. The van der Waals surface area contributed by atoms with Crippen LogP contribution in [0.3, 0.4) is 0 Å². The van der Waals surface area contributed by atoms with Gasteiger partial charge in [-0.05, 0) is 26.5 Å². The number of hydrogen-bond donors (Lipinski definition) is 1. The highest BCUT2D eigenvalue weighted by molar-refractivity contribution is 7.89. The molecule has 0 radical (unpaired) electrons. The fourth-order valence-electron chi connectivity index (χ4n) is 2.54. The monoisotopic (exact) mass is 332 g/mol. The molecular weight excluding hydrogens is 312 g/mol. The molecule has 118 valence electrons. The standard InChI is InChI=1S/C13H20N2O4S2/c1-4-10-8-15(6-5-14(10)3)21(18,19)12-7-11(13(16)17)20-9(12)2/h7,10H,4-6,8H2,1-3H3,(H,16,17). The quantitative estimate of drug-likeness (QED) is 0.903. The number of nitrogens with zero attached hydrogens (tertiary/aromatic N) is 2. The maximum atomic E-state index is 12.7. The van der Waals surface area contributed by atoms with Gasteiger partial charge in [0.2, 0.25) is 10.0 Å². The third kappa shape index (κ3) is 3.13. The zero-order valence-corrected chi connectivity index (χ0v) is 14.0. The van der Waals surface area contributed by atoms with E-state index in [1.165, 1.54) is 10.4 Å². The first-order valence-electron chi connectivity index (χ1n) is 6.81. The maximum absolute atomic E-state index is 12.7. The van der Waals surface area contributed by atoms with E-state index in [0.29, 0.717) is 24.5 Å². The average Bonchev–Trinajstić information content (AvgIpc) is 2.82. The van der Waals surface area contributed by atoms with Crippen molar-refractivity contribution in [1.29, 1.82) is 0 Å². The Hall–Kier alpha value is -0.960. The summed E-state index contributed by atoms with van der Waals surface area (Å²) in [6.07, 6.45) is 0.880. The van der Waals surface area contributed by atoms with Crippen LogP contribution in [-0.4, -0.2) is 61.4 Å². The Morgan fingerprint density at radius 1 is 1.48 bits per heavy atom. The van der Waals surface area contributed by atoms with E-state index in [0.717, 1.165) is 17.8 Å². The summed E-state index contributed by atoms with van der Waals surface area (Å²) in [4.78, 5) is 13.9. The van der Waals surface area contributed by atoms with E-state index in [1.54, 1.807) is 6.92 Å². The lowest BCUT2D eigenvalue weighted by Gasteiger charge is -2.38. The smallest absolute Gasteiger partial charge is 0.345 e. The molecule has 1 unspecified atom stereocenters. The van der Waals surface area contributed by atoms with Crippen LogP contribution in [-0.2, 0) is 10.0 Å². The van der Waals surface area contributed by atoms with E-state index in [-0.39, 0.29) is 15.8 Å². The Morgan fingerprint density at radius 3 is 2.67 bits per heavy atom. The van der Waals surface area contributed by atoms with E-state index in [1.807, 2.05) is 14.0 Å². The molecular formula is C13H20N2O4S2. The van der Waals surface area contributed by atoms with Crippen molar-refractivity contribution >= 4 is 27.3 Å². The number of carbonyl (C=O) groups is 1. The topological polar surface area (TPSA) is 77.9 Å². The van der Waals surface area contributed by atoms with E-state index >= 15 is 0 Å². The highest BCUT2D eigenvalue weighted by atomic mass is 32.2. The second kappa shape index (κ2) is 6.04. The minimum Gasteiger partial charge on any atom is -0.477 e. The highest BCUT2D eigenvalue weighted by Gasteiger charge is 2.34. The van der Waals surface area contributed by atoms with Gasteiger partial charge < -0.3 is 10.0 Å². The summed E-state index contributed by atoms with van der Waals surface area (Å²) in [5.41, 5.74) is 0. The van der Waals surface area contributed by atoms with E-state index < -0.39 is 16.0 Å². The third-order valence-corrected chi connectivity index (χ3v) is 7.07. The van der Waals surface area contributed by atoms with Crippen LogP contribution in [0.25, 0.3) is 0 Å². The van der Waals surface area contributed by atoms with Gasteiger partial charge in [-0.1, -0.05) is 6.92 Å². The van der Waals surface area contributed by atoms with Crippen molar-refractivity contribution in [2.75, 3.05) is 26.7 Å². The van der Waals surface area contributed by atoms with Gasteiger partial charge in [0.25, 0.3) is 0 Å². The molecule has 0 aliphatic carbocycles. The highest BCUT2D eigenvalue weighted by Crippen LogP contribution is 2.29. The number of piperazine rings is 1. The van der Waals surface area contributed by atoms with Gasteiger partial charge in [0, 0.05) is 30.6 Å². The molecule has 2 rings (SSSR count). The molecule has 0 aromatic carbocycles. The number of aryl methyl sites for hydroxylation is 1. The molecule has 0 spiro atoms. The predicted octanol–water partition coefficient (Wildman–Crippen LogP) is 1.47. The SMILES string of the molecule is CCC1CN(S(=O)(=O)c2cc(C(=O)O)sc2C)CCN1C. The molecule has 8 heteroatoms. The summed E-state index contributed by atoms with van der Waals surface area (Å²) in [6, 6.07) is 1.48. The lowest BCUT2D eigenvalue weighted by atomic mass is 10.1. The molecule has 0 bridgehead atoms. The molecule has 1 fully saturated rings.